The fraction of sp³-hybridized carbons (Fsp3) is 0.538. The summed E-state index contributed by atoms with van der Waals surface area (Å²) in [6, 6.07) is 2.48. The first-order valence-corrected chi connectivity index (χ1v) is 6.16. The quantitative estimate of drug-likeness (QED) is 0.844. The smallest absolute Gasteiger partial charge is 0.327 e. The van der Waals surface area contributed by atoms with E-state index < -0.39 is 18.6 Å². The van der Waals surface area contributed by atoms with Crippen molar-refractivity contribution in [1.29, 1.82) is 0 Å². The average molecular weight is 272 g/mol. The third-order valence-corrected chi connectivity index (χ3v) is 3.33. The molecule has 1 unspecified atom stereocenters. The first-order valence-electron chi connectivity index (χ1n) is 6.16. The predicted octanol–water partition coefficient (Wildman–Crippen LogP) is 2.88. The van der Waals surface area contributed by atoms with Crippen LogP contribution in [0.4, 0.5) is 13.2 Å². The highest BCUT2D eigenvalue weighted by molar-refractivity contribution is 5.94. The van der Waals surface area contributed by atoms with Crippen molar-refractivity contribution in [3.05, 3.63) is 30.1 Å². The van der Waals surface area contributed by atoms with E-state index in [4.69, 9.17) is 0 Å². The maximum Gasteiger partial charge on any atom is 0.406 e. The second-order valence-electron chi connectivity index (χ2n) is 4.86. The predicted molar refractivity (Wildman–Crippen MR) is 63.5 cm³/mol. The molecule has 0 spiro atoms. The minimum absolute atomic E-state index is 0.188. The fourth-order valence-corrected chi connectivity index (χ4v) is 2.09. The number of hydrogen-bond acceptors (Lipinski definition) is 2. The summed E-state index contributed by atoms with van der Waals surface area (Å²) in [5, 5.41) is 0. The van der Waals surface area contributed by atoms with Crippen LogP contribution in [-0.2, 0) is 0 Å². The van der Waals surface area contributed by atoms with Crippen LogP contribution >= 0.6 is 0 Å². The third-order valence-electron chi connectivity index (χ3n) is 3.33. The molecule has 0 aliphatic heterocycles. The monoisotopic (exact) mass is 272 g/mol. The molecule has 1 fully saturated rings. The number of halogens is 3. The second kappa shape index (κ2) is 5.19. The van der Waals surface area contributed by atoms with Gasteiger partial charge in [-0.05, 0) is 37.8 Å². The summed E-state index contributed by atoms with van der Waals surface area (Å²) in [4.78, 5) is 16.9. The number of amides is 1. The Balaban J connectivity index is 2.19. The lowest BCUT2D eigenvalue weighted by Gasteiger charge is -2.30. The average Bonchev–Trinajstić information content (AvgIpc) is 3.18. The summed E-state index contributed by atoms with van der Waals surface area (Å²) in [6.07, 6.45) is 0.200. The highest BCUT2D eigenvalue weighted by atomic mass is 19.4. The molecule has 1 heterocycles. The number of hydrogen-bond donors (Lipinski definition) is 0. The Labute approximate surface area is 109 Å². The van der Waals surface area contributed by atoms with Gasteiger partial charge in [-0.15, -0.1) is 0 Å². The second-order valence-corrected chi connectivity index (χ2v) is 4.86. The van der Waals surface area contributed by atoms with Crippen molar-refractivity contribution >= 4 is 5.91 Å². The summed E-state index contributed by atoms with van der Waals surface area (Å²) in [7, 11) is 0. The van der Waals surface area contributed by atoms with E-state index in [0.29, 0.717) is 0 Å². The molecule has 0 radical (unpaired) electrons. The van der Waals surface area contributed by atoms with Crippen LogP contribution in [-0.4, -0.2) is 34.6 Å². The highest BCUT2D eigenvalue weighted by Crippen LogP contribution is 2.36. The molecule has 1 aromatic heterocycles. The van der Waals surface area contributed by atoms with Gasteiger partial charge in [-0.1, -0.05) is 0 Å². The van der Waals surface area contributed by atoms with Crippen LogP contribution < -0.4 is 0 Å². The third kappa shape index (κ3) is 3.68. The van der Waals surface area contributed by atoms with Crippen LogP contribution in [0.5, 0.6) is 0 Å². The van der Waals surface area contributed by atoms with Gasteiger partial charge in [0.2, 0.25) is 0 Å². The summed E-state index contributed by atoms with van der Waals surface area (Å²) < 4.78 is 37.9. The van der Waals surface area contributed by atoms with Crippen LogP contribution in [0.25, 0.3) is 0 Å². The SMILES string of the molecule is CC(C1CC1)N(CC(F)(F)F)C(=O)c1ccncc1. The van der Waals surface area contributed by atoms with E-state index in [-0.39, 0.29) is 17.5 Å². The number of carbonyl (C=O) groups excluding carboxylic acids is 1. The van der Waals surface area contributed by atoms with Crippen molar-refractivity contribution in [2.75, 3.05) is 6.54 Å². The first kappa shape index (κ1) is 13.8. The van der Waals surface area contributed by atoms with Crippen LogP contribution in [0.15, 0.2) is 24.5 Å². The largest absolute Gasteiger partial charge is 0.406 e. The molecule has 2 rings (SSSR count). The van der Waals surface area contributed by atoms with Crippen molar-refractivity contribution in [2.45, 2.75) is 32.0 Å². The Morgan fingerprint density at radius 2 is 2.00 bits per heavy atom. The number of alkyl halides is 3. The van der Waals surface area contributed by atoms with Gasteiger partial charge in [-0.3, -0.25) is 9.78 Å². The van der Waals surface area contributed by atoms with Crippen molar-refractivity contribution in [3.63, 3.8) is 0 Å². The Bertz CT molecular complexity index is 443. The molecule has 0 saturated heterocycles. The fourth-order valence-electron chi connectivity index (χ4n) is 2.09. The van der Waals surface area contributed by atoms with Gasteiger partial charge in [0, 0.05) is 24.0 Å². The molecule has 3 nitrogen and oxygen atoms in total. The molecule has 1 saturated carbocycles. The lowest BCUT2D eigenvalue weighted by Crippen LogP contribution is -2.45. The van der Waals surface area contributed by atoms with Gasteiger partial charge in [-0.25, -0.2) is 0 Å². The maximum atomic E-state index is 12.6. The van der Waals surface area contributed by atoms with Crippen molar-refractivity contribution in [3.8, 4) is 0 Å². The molecule has 1 aromatic rings. The van der Waals surface area contributed by atoms with E-state index in [2.05, 4.69) is 4.98 Å². The van der Waals surface area contributed by atoms with E-state index in [9.17, 15) is 18.0 Å². The number of carbonyl (C=O) groups is 1. The van der Waals surface area contributed by atoms with E-state index >= 15 is 0 Å². The molecular weight excluding hydrogens is 257 g/mol. The van der Waals surface area contributed by atoms with E-state index in [0.717, 1.165) is 17.7 Å². The van der Waals surface area contributed by atoms with Crippen molar-refractivity contribution < 1.29 is 18.0 Å². The van der Waals surface area contributed by atoms with Crippen molar-refractivity contribution in [2.24, 2.45) is 5.92 Å². The summed E-state index contributed by atoms with van der Waals surface area (Å²) in [5.41, 5.74) is 0.242. The Morgan fingerprint density at radius 1 is 1.42 bits per heavy atom. The standard InChI is InChI=1S/C13H15F3N2O/c1-9(10-2-3-10)18(8-13(14,15)16)12(19)11-4-6-17-7-5-11/h4-7,9-10H,2-3,8H2,1H3. The van der Waals surface area contributed by atoms with Crippen molar-refractivity contribution in [1.82, 2.24) is 9.88 Å². The molecule has 1 aliphatic carbocycles. The summed E-state index contributed by atoms with van der Waals surface area (Å²) in [5.74, 6) is -0.396. The number of rotatable bonds is 4. The minimum Gasteiger partial charge on any atom is -0.327 e. The minimum atomic E-state index is -4.38. The number of pyridine rings is 1. The Morgan fingerprint density at radius 3 is 2.47 bits per heavy atom. The Hall–Kier alpha value is -1.59. The van der Waals surface area contributed by atoms with Crippen LogP contribution in [0.1, 0.15) is 30.1 Å². The first-order chi connectivity index (χ1) is 8.88. The normalized spacial score (nSPS) is 17.1. The van der Waals surface area contributed by atoms with Crippen LogP contribution in [0.2, 0.25) is 0 Å². The summed E-state index contributed by atoms with van der Waals surface area (Å²) in [6.45, 7) is 0.480. The molecule has 19 heavy (non-hydrogen) atoms. The number of aromatic nitrogens is 1. The molecule has 1 aliphatic rings. The highest BCUT2D eigenvalue weighted by Gasteiger charge is 2.40. The van der Waals surface area contributed by atoms with Gasteiger partial charge in [0.1, 0.15) is 6.54 Å². The molecule has 1 atom stereocenters. The lowest BCUT2D eigenvalue weighted by atomic mass is 10.1. The zero-order chi connectivity index (χ0) is 14.0. The molecule has 0 N–H and O–H groups in total. The van der Waals surface area contributed by atoms with Gasteiger partial charge in [0.05, 0.1) is 0 Å². The van der Waals surface area contributed by atoms with Gasteiger partial charge < -0.3 is 4.90 Å². The van der Waals surface area contributed by atoms with Gasteiger partial charge in [-0.2, -0.15) is 13.2 Å². The lowest BCUT2D eigenvalue weighted by molar-refractivity contribution is -0.144. The zero-order valence-electron chi connectivity index (χ0n) is 10.5. The van der Waals surface area contributed by atoms with E-state index in [1.165, 1.54) is 24.5 Å². The van der Waals surface area contributed by atoms with E-state index in [1.54, 1.807) is 6.92 Å². The maximum absolute atomic E-state index is 12.6. The van der Waals surface area contributed by atoms with Crippen LogP contribution in [0, 0.1) is 5.92 Å². The van der Waals surface area contributed by atoms with Gasteiger partial charge >= 0.3 is 6.18 Å². The van der Waals surface area contributed by atoms with Gasteiger partial charge in [0.15, 0.2) is 0 Å². The Kier molecular flexibility index (Phi) is 3.78. The van der Waals surface area contributed by atoms with Crippen LogP contribution in [0.3, 0.4) is 0 Å². The molecule has 1 amide bonds. The summed E-state index contributed by atoms with van der Waals surface area (Å²) >= 11 is 0. The molecule has 0 aromatic carbocycles. The zero-order valence-corrected chi connectivity index (χ0v) is 10.5. The molecule has 0 bridgehead atoms. The number of nitrogens with zero attached hydrogens (tertiary/aromatic N) is 2. The topological polar surface area (TPSA) is 33.2 Å². The van der Waals surface area contributed by atoms with E-state index in [1.807, 2.05) is 0 Å². The molecule has 104 valence electrons. The molecule has 6 heteroatoms. The van der Waals surface area contributed by atoms with Gasteiger partial charge in [0.25, 0.3) is 5.91 Å². The molecular formula is C13H15F3N2O.